The Morgan fingerprint density at radius 1 is 0.762 bits per heavy atom. The maximum Gasteiger partial charge on any atom is 0.307 e. The topological polar surface area (TPSA) is 74.6 Å². The van der Waals surface area contributed by atoms with Crippen LogP contribution in [0.3, 0.4) is 0 Å². The van der Waals surface area contributed by atoms with E-state index in [4.69, 9.17) is 10.2 Å². The fourth-order valence-electron chi connectivity index (χ4n) is 2.31. The van der Waals surface area contributed by atoms with Crippen LogP contribution in [0.15, 0.2) is 48.5 Å². The number of aliphatic carboxylic acids is 2. The van der Waals surface area contributed by atoms with E-state index in [1.807, 2.05) is 42.5 Å². The van der Waals surface area contributed by atoms with Crippen molar-refractivity contribution in [3.05, 3.63) is 70.8 Å². The Morgan fingerprint density at radius 3 is 2.05 bits per heavy atom. The summed E-state index contributed by atoms with van der Waals surface area (Å²) in [6.07, 6.45) is 0.576. The Morgan fingerprint density at radius 2 is 1.38 bits per heavy atom. The van der Waals surface area contributed by atoms with Crippen molar-refractivity contribution in [1.29, 1.82) is 0 Å². The molecule has 0 saturated carbocycles. The maximum absolute atomic E-state index is 10.9. The smallest absolute Gasteiger partial charge is 0.307 e. The van der Waals surface area contributed by atoms with Crippen molar-refractivity contribution in [2.24, 2.45) is 0 Å². The predicted octanol–water partition coefficient (Wildman–Crippen LogP) is 2.53. The second-order valence-electron chi connectivity index (χ2n) is 4.91. The third-order valence-corrected chi connectivity index (χ3v) is 3.20. The van der Waals surface area contributed by atoms with Gasteiger partial charge in [0.05, 0.1) is 12.8 Å². The molecule has 0 aromatic heterocycles. The minimum atomic E-state index is -0.863. The van der Waals surface area contributed by atoms with Crippen molar-refractivity contribution in [3.63, 3.8) is 0 Å². The molecule has 0 amide bonds. The van der Waals surface area contributed by atoms with Crippen molar-refractivity contribution in [1.82, 2.24) is 0 Å². The first kappa shape index (κ1) is 14.8. The van der Waals surface area contributed by atoms with Crippen LogP contribution in [-0.2, 0) is 28.9 Å². The first-order valence-electron chi connectivity index (χ1n) is 6.63. The zero-order valence-electron chi connectivity index (χ0n) is 11.5. The molecule has 2 aromatic carbocycles. The van der Waals surface area contributed by atoms with E-state index in [9.17, 15) is 9.59 Å². The standard InChI is InChI=1S/C17H16O4/c18-16(19)10-13-5-3-4-12(8-13)9-14-6-1-2-7-15(14)11-17(20)21/h1-8H,9-11H2,(H,18,19)(H,20,21). The number of carboxylic acid groups (broad SMARTS) is 2. The normalized spacial score (nSPS) is 10.3. The summed E-state index contributed by atoms with van der Waals surface area (Å²) in [5.41, 5.74) is 3.46. The van der Waals surface area contributed by atoms with E-state index in [0.29, 0.717) is 6.42 Å². The fourth-order valence-corrected chi connectivity index (χ4v) is 2.31. The molecule has 0 aliphatic rings. The lowest BCUT2D eigenvalue weighted by atomic mass is 9.96. The van der Waals surface area contributed by atoms with Crippen LogP contribution in [0.4, 0.5) is 0 Å². The summed E-state index contributed by atoms with van der Waals surface area (Å²) in [6.45, 7) is 0. The van der Waals surface area contributed by atoms with E-state index < -0.39 is 11.9 Å². The summed E-state index contributed by atoms with van der Waals surface area (Å²) in [5, 5.41) is 17.8. The van der Waals surface area contributed by atoms with Crippen LogP contribution in [0.5, 0.6) is 0 Å². The van der Waals surface area contributed by atoms with Gasteiger partial charge in [0.15, 0.2) is 0 Å². The van der Waals surface area contributed by atoms with Gasteiger partial charge in [0.1, 0.15) is 0 Å². The first-order chi connectivity index (χ1) is 10.0. The molecule has 4 nitrogen and oxygen atoms in total. The molecule has 0 fully saturated rings. The van der Waals surface area contributed by atoms with Gasteiger partial charge in [-0.05, 0) is 28.7 Å². The minimum absolute atomic E-state index is 0.00894. The third kappa shape index (κ3) is 4.45. The number of rotatable bonds is 6. The SMILES string of the molecule is O=C(O)Cc1cccc(Cc2ccccc2CC(=O)O)c1. The molecule has 0 atom stereocenters. The van der Waals surface area contributed by atoms with Crippen molar-refractivity contribution in [2.45, 2.75) is 19.3 Å². The number of carbonyl (C=O) groups is 2. The van der Waals surface area contributed by atoms with E-state index in [-0.39, 0.29) is 12.8 Å². The molecule has 0 heterocycles. The Hall–Kier alpha value is -2.62. The number of hydrogen-bond donors (Lipinski definition) is 2. The fraction of sp³-hybridized carbons (Fsp3) is 0.176. The van der Waals surface area contributed by atoms with E-state index >= 15 is 0 Å². The minimum Gasteiger partial charge on any atom is -0.481 e. The highest BCUT2D eigenvalue weighted by atomic mass is 16.4. The van der Waals surface area contributed by atoms with Gasteiger partial charge in [-0.15, -0.1) is 0 Å². The van der Waals surface area contributed by atoms with Gasteiger partial charge in [-0.1, -0.05) is 48.5 Å². The summed E-state index contributed by atoms with van der Waals surface area (Å²) in [4.78, 5) is 21.6. The molecule has 0 bridgehead atoms. The lowest BCUT2D eigenvalue weighted by Gasteiger charge is -2.09. The zero-order chi connectivity index (χ0) is 15.2. The van der Waals surface area contributed by atoms with Crippen molar-refractivity contribution in [3.8, 4) is 0 Å². The molecule has 4 heteroatoms. The average Bonchev–Trinajstić information content (AvgIpc) is 2.40. The Labute approximate surface area is 122 Å². The van der Waals surface area contributed by atoms with Gasteiger partial charge in [-0.25, -0.2) is 0 Å². The highest BCUT2D eigenvalue weighted by Gasteiger charge is 2.08. The van der Waals surface area contributed by atoms with Gasteiger partial charge in [0, 0.05) is 0 Å². The number of carboxylic acids is 2. The molecular formula is C17H16O4. The molecule has 0 unspecified atom stereocenters. The summed E-state index contributed by atoms with van der Waals surface area (Å²) >= 11 is 0. The maximum atomic E-state index is 10.9. The van der Waals surface area contributed by atoms with Crippen LogP contribution in [0, 0.1) is 0 Å². The van der Waals surface area contributed by atoms with Gasteiger partial charge in [-0.2, -0.15) is 0 Å². The monoisotopic (exact) mass is 284 g/mol. The average molecular weight is 284 g/mol. The van der Waals surface area contributed by atoms with Crippen molar-refractivity contribution >= 4 is 11.9 Å². The lowest BCUT2D eigenvalue weighted by Crippen LogP contribution is -2.04. The van der Waals surface area contributed by atoms with Gasteiger partial charge >= 0.3 is 11.9 Å². The number of benzene rings is 2. The van der Waals surface area contributed by atoms with Gasteiger partial charge in [-0.3, -0.25) is 9.59 Å². The third-order valence-electron chi connectivity index (χ3n) is 3.20. The second-order valence-corrected chi connectivity index (χ2v) is 4.91. The van der Waals surface area contributed by atoms with Gasteiger partial charge in [0.25, 0.3) is 0 Å². The van der Waals surface area contributed by atoms with E-state index in [2.05, 4.69) is 0 Å². The molecule has 0 spiro atoms. The zero-order valence-corrected chi connectivity index (χ0v) is 11.5. The lowest BCUT2D eigenvalue weighted by molar-refractivity contribution is -0.137. The van der Waals surface area contributed by atoms with Crippen LogP contribution in [0.1, 0.15) is 22.3 Å². The molecule has 0 aliphatic carbocycles. The molecule has 0 aliphatic heterocycles. The van der Waals surface area contributed by atoms with Crippen LogP contribution >= 0.6 is 0 Å². The van der Waals surface area contributed by atoms with Crippen molar-refractivity contribution < 1.29 is 19.8 Å². The molecule has 2 N–H and O–H groups in total. The molecule has 2 rings (SSSR count). The van der Waals surface area contributed by atoms with Crippen LogP contribution < -0.4 is 0 Å². The molecular weight excluding hydrogens is 268 g/mol. The summed E-state index contributed by atoms with van der Waals surface area (Å²) in [6, 6.07) is 14.8. The van der Waals surface area contributed by atoms with Crippen LogP contribution in [0.2, 0.25) is 0 Å². The quantitative estimate of drug-likeness (QED) is 0.854. The highest BCUT2D eigenvalue weighted by Crippen LogP contribution is 2.16. The summed E-state index contributed by atoms with van der Waals surface area (Å²) in [7, 11) is 0. The molecule has 0 radical (unpaired) electrons. The summed E-state index contributed by atoms with van der Waals surface area (Å²) < 4.78 is 0. The van der Waals surface area contributed by atoms with Gasteiger partial charge < -0.3 is 10.2 Å². The Balaban J connectivity index is 2.22. The van der Waals surface area contributed by atoms with Crippen molar-refractivity contribution in [2.75, 3.05) is 0 Å². The van der Waals surface area contributed by atoms with Crippen LogP contribution in [0.25, 0.3) is 0 Å². The largest absolute Gasteiger partial charge is 0.481 e. The second kappa shape index (κ2) is 6.70. The molecule has 2 aromatic rings. The first-order valence-corrected chi connectivity index (χ1v) is 6.63. The molecule has 0 saturated heterocycles. The Kier molecular flexibility index (Phi) is 4.72. The Bertz CT molecular complexity index is 661. The summed E-state index contributed by atoms with van der Waals surface area (Å²) in [5.74, 6) is -1.72. The molecule has 21 heavy (non-hydrogen) atoms. The highest BCUT2D eigenvalue weighted by molar-refractivity contribution is 5.71. The van der Waals surface area contributed by atoms with E-state index in [1.54, 1.807) is 6.07 Å². The predicted molar refractivity (Wildman–Crippen MR) is 78.4 cm³/mol. The number of hydrogen-bond acceptors (Lipinski definition) is 2. The van der Waals surface area contributed by atoms with Gasteiger partial charge in [0.2, 0.25) is 0 Å². The van der Waals surface area contributed by atoms with Crippen LogP contribution in [-0.4, -0.2) is 22.2 Å². The van der Waals surface area contributed by atoms with E-state index in [1.165, 1.54) is 0 Å². The van der Waals surface area contributed by atoms with E-state index in [0.717, 1.165) is 22.3 Å². The molecule has 108 valence electrons.